The second kappa shape index (κ2) is 9.27. The van der Waals surface area contributed by atoms with Crippen LogP contribution in [0.5, 0.6) is 0 Å². The summed E-state index contributed by atoms with van der Waals surface area (Å²) < 4.78 is 22.1. The first kappa shape index (κ1) is 27.3. The van der Waals surface area contributed by atoms with E-state index in [1.807, 2.05) is 11.5 Å². The summed E-state index contributed by atoms with van der Waals surface area (Å²) in [6.07, 6.45) is 2.80. The number of fused-ring (bicyclic) bond motifs is 1. The lowest BCUT2D eigenvalue weighted by Gasteiger charge is -2.40. The van der Waals surface area contributed by atoms with Gasteiger partial charge in [-0.1, -0.05) is 48.5 Å². The standard InChI is InChI=1S/C24H45N5O3Si2/c1-12-16-20-21(28-22(25)27-16)29(15-26-20)19-13-17(32-34(10,11)24(5,6)7)18(31-19)14-30-33(8,9)23(2,3)4/h15,17-19H,12-14H2,1-11H3,(H2,25,27,28)/t17-,18+,19+/m0/s1. The quantitative estimate of drug-likeness (QED) is 0.482. The first-order valence-corrected chi connectivity index (χ1v) is 18.2. The zero-order valence-electron chi connectivity index (χ0n) is 23.0. The van der Waals surface area contributed by atoms with E-state index in [1.54, 1.807) is 6.33 Å². The van der Waals surface area contributed by atoms with Crippen LogP contribution in [0.15, 0.2) is 6.33 Å². The summed E-state index contributed by atoms with van der Waals surface area (Å²) in [4.78, 5) is 13.5. The van der Waals surface area contributed by atoms with Crippen molar-refractivity contribution >= 4 is 33.7 Å². The normalized spacial score (nSPS) is 22.6. The van der Waals surface area contributed by atoms with Crippen LogP contribution in [0.3, 0.4) is 0 Å². The topological polar surface area (TPSA) is 97.3 Å². The summed E-state index contributed by atoms with van der Waals surface area (Å²) >= 11 is 0. The zero-order chi connectivity index (χ0) is 25.7. The van der Waals surface area contributed by atoms with Gasteiger partial charge >= 0.3 is 0 Å². The summed E-state index contributed by atoms with van der Waals surface area (Å²) in [6.45, 7) is 25.3. The van der Waals surface area contributed by atoms with E-state index in [-0.39, 0.29) is 34.5 Å². The molecule has 2 N–H and O–H groups in total. The Morgan fingerprint density at radius 3 is 2.24 bits per heavy atom. The third kappa shape index (κ3) is 5.40. The Labute approximate surface area is 207 Å². The summed E-state index contributed by atoms with van der Waals surface area (Å²) in [6, 6.07) is 0. The molecule has 0 bridgehead atoms. The molecule has 0 aliphatic carbocycles. The largest absolute Gasteiger partial charge is 0.414 e. The van der Waals surface area contributed by atoms with Gasteiger partial charge in [-0.3, -0.25) is 4.57 Å². The van der Waals surface area contributed by atoms with E-state index in [0.717, 1.165) is 24.1 Å². The molecule has 8 nitrogen and oxygen atoms in total. The molecule has 3 heterocycles. The molecular weight excluding hydrogens is 462 g/mol. The first-order chi connectivity index (χ1) is 15.5. The average Bonchev–Trinajstić information content (AvgIpc) is 3.27. The maximum absolute atomic E-state index is 6.89. The number of nitrogens with zero attached hydrogens (tertiary/aromatic N) is 4. The Kier molecular flexibility index (Phi) is 7.43. The molecule has 1 saturated heterocycles. The van der Waals surface area contributed by atoms with Crippen molar-refractivity contribution in [1.82, 2.24) is 19.5 Å². The Morgan fingerprint density at radius 1 is 1.06 bits per heavy atom. The molecule has 0 amide bonds. The van der Waals surface area contributed by atoms with Crippen LogP contribution in [-0.4, -0.2) is 55.0 Å². The maximum atomic E-state index is 6.89. The minimum Gasteiger partial charge on any atom is -0.414 e. The molecule has 192 valence electrons. The van der Waals surface area contributed by atoms with Gasteiger partial charge in [-0.05, 0) is 42.7 Å². The Hall–Kier alpha value is -1.34. The number of aryl methyl sites for hydroxylation is 1. The van der Waals surface area contributed by atoms with Gasteiger partial charge in [-0.2, -0.15) is 4.98 Å². The van der Waals surface area contributed by atoms with Crippen molar-refractivity contribution in [1.29, 1.82) is 0 Å². The molecule has 2 aromatic rings. The van der Waals surface area contributed by atoms with Gasteiger partial charge in [-0.15, -0.1) is 0 Å². The molecule has 3 rings (SSSR count). The van der Waals surface area contributed by atoms with Crippen LogP contribution in [-0.2, 0) is 20.0 Å². The van der Waals surface area contributed by atoms with E-state index in [1.165, 1.54) is 0 Å². The van der Waals surface area contributed by atoms with Gasteiger partial charge in [0.05, 0.1) is 24.7 Å². The van der Waals surface area contributed by atoms with Crippen LogP contribution in [0, 0.1) is 0 Å². The number of hydrogen-bond donors (Lipinski definition) is 1. The van der Waals surface area contributed by atoms with Crippen LogP contribution in [0.4, 0.5) is 5.95 Å². The van der Waals surface area contributed by atoms with Crippen LogP contribution in [0.2, 0.25) is 36.3 Å². The number of hydrogen-bond acceptors (Lipinski definition) is 7. The lowest BCUT2D eigenvalue weighted by Crippen LogP contribution is -2.48. The monoisotopic (exact) mass is 507 g/mol. The van der Waals surface area contributed by atoms with Crippen molar-refractivity contribution in [3.8, 4) is 0 Å². The predicted molar refractivity (Wildman–Crippen MR) is 143 cm³/mol. The van der Waals surface area contributed by atoms with Crippen LogP contribution >= 0.6 is 0 Å². The fourth-order valence-electron chi connectivity index (χ4n) is 3.66. The van der Waals surface area contributed by atoms with Gasteiger partial charge in [0.25, 0.3) is 0 Å². The van der Waals surface area contributed by atoms with E-state index >= 15 is 0 Å². The van der Waals surface area contributed by atoms with Crippen LogP contribution in [0.25, 0.3) is 11.2 Å². The molecule has 1 aliphatic heterocycles. The highest BCUT2D eigenvalue weighted by molar-refractivity contribution is 6.74. The Bertz CT molecular complexity index is 1010. The van der Waals surface area contributed by atoms with Gasteiger partial charge in [-0.25, -0.2) is 9.97 Å². The minimum atomic E-state index is -2.01. The SMILES string of the molecule is CCc1nc(N)nc2c1ncn2[C@H]1C[C@H](O[Si](C)(C)C(C)(C)C)[C@@H](CO[Si](C)(C)C(C)(C)C)O1. The second-order valence-electron chi connectivity index (χ2n) is 12.6. The molecule has 0 spiro atoms. The third-order valence-corrected chi connectivity index (χ3v) is 17.0. The van der Waals surface area contributed by atoms with E-state index in [4.69, 9.17) is 19.3 Å². The average molecular weight is 508 g/mol. The lowest BCUT2D eigenvalue weighted by atomic mass is 10.2. The minimum absolute atomic E-state index is 0.0575. The number of imidazole rings is 1. The van der Waals surface area contributed by atoms with E-state index in [0.29, 0.717) is 12.3 Å². The van der Waals surface area contributed by atoms with Gasteiger partial charge in [0.15, 0.2) is 22.3 Å². The molecule has 0 aromatic carbocycles. The number of nitrogen functional groups attached to an aromatic ring is 1. The van der Waals surface area contributed by atoms with E-state index < -0.39 is 16.6 Å². The van der Waals surface area contributed by atoms with Gasteiger partial charge in [0.1, 0.15) is 17.8 Å². The third-order valence-electron chi connectivity index (χ3n) is 8.00. The predicted octanol–water partition coefficient (Wildman–Crippen LogP) is 5.67. The molecule has 34 heavy (non-hydrogen) atoms. The summed E-state index contributed by atoms with van der Waals surface area (Å²) in [7, 11) is -3.94. The Balaban J connectivity index is 1.92. The van der Waals surface area contributed by atoms with Crippen molar-refractivity contribution < 1.29 is 13.6 Å². The number of ether oxygens (including phenoxy) is 1. The smallest absolute Gasteiger partial charge is 0.222 e. The van der Waals surface area contributed by atoms with E-state index in [9.17, 15) is 0 Å². The van der Waals surface area contributed by atoms with Crippen molar-refractivity contribution in [3.05, 3.63) is 12.0 Å². The van der Waals surface area contributed by atoms with Crippen molar-refractivity contribution in [2.75, 3.05) is 12.3 Å². The number of nitrogens with two attached hydrogens (primary N) is 1. The van der Waals surface area contributed by atoms with Crippen LogP contribution in [0.1, 0.15) is 66.8 Å². The fourth-order valence-corrected chi connectivity index (χ4v) is 6.03. The molecule has 10 heteroatoms. The maximum Gasteiger partial charge on any atom is 0.222 e. The molecular formula is C24H45N5O3Si2. The summed E-state index contributed by atoms with van der Waals surface area (Å²) in [5, 5.41) is 0.238. The second-order valence-corrected chi connectivity index (χ2v) is 22.1. The highest BCUT2D eigenvalue weighted by Crippen LogP contribution is 2.43. The van der Waals surface area contributed by atoms with Gasteiger partial charge < -0.3 is 19.3 Å². The molecule has 1 aliphatic rings. The lowest BCUT2D eigenvalue weighted by molar-refractivity contribution is -0.0383. The zero-order valence-corrected chi connectivity index (χ0v) is 25.0. The van der Waals surface area contributed by atoms with Crippen molar-refractivity contribution in [2.45, 2.75) is 116 Å². The van der Waals surface area contributed by atoms with Gasteiger partial charge in [0.2, 0.25) is 5.95 Å². The van der Waals surface area contributed by atoms with Crippen molar-refractivity contribution in [2.24, 2.45) is 0 Å². The molecule has 2 aromatic heterocycles. The molecule has 3 atom stereocenters. The first-order valence-electron chi connectivity index (χ1n) is 12.4. The molecule has 0 saturated carbocycles. The number of rotatable bonds is 7. The summed E-state index contributed by atoms with van der Waals surface area (Å²) in [5.74, 6) is 0.260. The molecule has 1 fully saturated rings. The van der Waals surface area contributed by atoms with Crippen molar-refractivity contribution in [3.63, 3.8) is 0 Å². The van der Waals surface area contributed by atoms with E-state index in [2.05, 4.69) is 82.7 Å². The highest BCUT2D eigenvalue weighted by atomic mass is 28.4. The summed E-state index contributed by atoms with van der Waals surface area (Å²) in [5.41, 5.74) is 8.36. The van der Waals surface area contributed by atoms with Crippen LogP contribution < -0.4 is 5.73 Å². The Morgan fingerprint density at radius 2 is 1.68 bits per heavy atom. The molecule has 0 unspecified atom stereocenters. The highest BCUT2D eigenvalue weighted by Gasteiger charge is 2.46. The van der Waals surface area contributed by atoms with Gasteiger partial charge in [0, 0.05) is 6.42 Å². The number of anilines is 1. The molecule has 0 radical (unpaired) electrons. The fraction of sp³-hybridized carbons (Fsp3) is 0.792. The number of aromatic nitrogens is 4.